The molecule has 1 aromatic carbocycles. The number of esters is 1. The van der Waals surface area contributed by atoms with Crippen LogP contribution in [-0.4, -0.2) is 71.5 Å². The maximum absolute atomic E-state index is 12.6. The van der Waals surface area contributed by atoms with Crippen LogP contribution in [0.15, 0.2) is 42.7 Å². The fraction of sp³-hybridized carbons (Fsp3) is 0.409. The molecule has 1 aromatic heterocycles. The minimum atomic E-state index is -0.904. The van der Waals surface area contributed by atoms with E-state index in [9.17, 15) is 14.4 Å². The first-order chi connectivity index (χ1) is 15.4. The topological polar surface area (TPSA) is 105 Å². The number of rotatable bonds is 7. The molecule has 0 bridgehead atoms. The van der Waals surface area contributed by atoms with Crippen LogP contribution in [0.5, 0.6) is 0 Å². The molecule has 0 spiro atoms. The van der Waals surface area contributed by atoms with E-state index in [1.54, 1.807) is 61.5 Å². The minimum absolute atomic E-state index is 0.238. The van der Waals surface area contributed by atoms with E-state index >= 15 is 0 Å². The average Bonchev–Trinajstić information content (AvgIpc) is 2.81. The summed E-state index contributed by atoms with van der Waals surface area (Å²) in [5.41, 5.74) is 0.268. The zero-order valence-corrected chi connectivity index (χ0v) is 18.8. The Morgan fingerprint density at radius 1 is 1.06 bits per heavy atom. The standard InChI is InChI=1S/C22H26ClN5O4/c1-15(2)19(26-20(30)16-6-3-4-7-17(16)23)21(31)32-14-18(29)27-10-12-28(13-11-27)22-24-8-5-9-25-22/h3-9,15,19H,10-14H2,1-2H3,(H,26,30). The van der Waals surface area contributed by atoms with Gasteiger partial charge in [0, 0.05) is 38.6 Å². The van der Waals surface area contributed by atoms with Gasteiger partial charge in [0.05, 0.1) is 10.6 Å². The summed E-state index contributed by atoms with van der Waals surface area (Å²) in [6.45, 7) is 5.32. The molecule has 0 aliphatic carbocycles. The Bertz CT molecular complexity index is 948. The molecule has 2 heterocycles. The van der Waals surface area contributed by atoms with Crippen molar-refractivity contribution in [1.82, 2.24) is 20.2 Å². The Labute approximate surface area is 191 Å². The Hall–Kier alpha value is -3.20. The summed E-state index contributed by atoms with van der Waals surface area (Å²) in [6.07, 6.45) is 3.35. The lowest BCUT2D eigenvalue weighted by atomic mass is 10.0. The number of aromatic nitrogens is 2. The smallest absolute Gasteiger partial charge is 0.329 e. The molecule has 0 radical (unpaired) electrons. The van der Waals surface area contributed by atoms with Crippen LogP contribution in [0.25, 0.3) is 0 Å². The molecule has 1 fully saturated rings. The van der Waals surface area contributed by atoms with E-state index in [2.05, 4.69) is 15.3 Å². The second kappa shape index (κ2) is 10.9. The summed E-state index contributed by atoms with van der Waals surface area (Å²) in [5.74, 6) is -1.03. The van der Waals surface area contributed by atoms with E-state index in [1.807, 2.05) is 4.90 Å². The van der Waals surface area contributed by atoms with Crippen molar-refractivity contribution in [2.24, 2.45) is 5.92 Å². The van der Waals surface area contributed by atoms with E-state index in [4.69, 9.17) is 16.3 Å². The van der Waals surface area contributed by atoms with Crippen molar-refractivity contribution in [2.75, 3.05) is 37.7 Å². The van der Waals surface area contributed by atoms with Gasteiger partial charge >= 0.3 is 5.97 Å². The van der Waals surface area contributed by atoms with E-state index < -0.39 is 17.9 Å². The molecule has 9 nitrogen and oxygen atoms in total. The highest BCUT2D eigenvalue weighted by Crippen LogP contribution is 2.16. The molecule has 3 rings (SSSR count). The molecule has 1 atom stereocenters. The second-order valence-electron chi connectivity index (χ2n) is 7.70. The van der Waals surface area contributed by atoms with Crippen molar-refractivity contribution in [3.63, 3.8) is 0 Å². The lowest BCUT2D eigenvalue weighted by molar-refractivity contribution is -0.154. The number of ether oxygens (including phenoxy) is 1. The first-order valence-corrected chi connectivity index (χ1v) is 10.8. The highest BCUT2D eigenvalue weighted by molar-refractivity contribution is 6.33. The molecule has 1 aliphatic heterocycles. The van der Waals surface area contributed by atoms with Gasteiger partial charge in [0.15, 0.2) is 6.61 Å². The first kappa shape index (κ1) is 23.5. The number of halogens is 1. The summed E-state index contributed by atoms with van der Waals surface area (Å²) >= 11 is 6.06. The van der Waals surface area contributed by atoms with Crippen LogP contribution < -0.4 is 10.2 Å². The monoisotopic (exact) mass is 459 g/mol. The first-order valence-electron chi connectivity index (χ1n) is 10.4. The fourth-order valence-electron chi connectivity index (χ4n) is 3.29. The van der Waals surface area contributed by atoms with Crippen molar-refractivity contribution >= 4 is 35.3 Å². The van der Waals surface area contributed by atoms with Gasteiger partial charge in [-0.1, -0.05) is 37.6 Å². The summed E-state index contributed by atoms with van der Waals surface area (Å²) < 4.78 is 5.24. The predicted molar refractivity (Wildman–Crippen MR) is 119 cm³/mol. The normalized spacial score (nSPS) is 14.8. The lowest BCUT2D eigenvalue weighted by Crippen LogP contribution is -2.51. The van der Waals surface area contributed by atoms with Crippen LogP contribution >= 0.6 is 11.6 Å². The largest absolute Gasteiger partial charge is 0.454 e. The van der Waals surface area contributed by atoms with E-state index in [-0.39, 0.29) is 29.0 Å². The predicted octanol–water partition coefficient (Wildman–Crippen LogP) is 1.78. The van der Waals surface area contributed by atoms with Crippen molar-refractivity contribution < 1.29 is 19.1 Å². The molecule has 2 amide bonds. The SMILES string of the molecule is CC(C)C(NC(=O)c1ccccc1Cl)C(=O)OCC(=O)N1CCN(c2ncccn2)CC1. The number of carbonyl (C=O) groups excluding carboxylic acids is 3. The number of nitrogens with zero attached hydrogens (tertiary/aromatic N) is 4. The van der Waals surface area contributed by atoms with Crippen LogP contribution in [-0.2, 0) is 14.3 Å². The molecule has 32 heavy (non-hydrogen) atoms. The van der Waals surface area contributed by atoms with Gasteiger partial charge in [0.25, 0.3) is 11.8 Å². The maximum Gasteiger partial charge on any atom is 0.329 e. The molecule has 0 saturated carbocycles. The molecule has 1 saturated heterocycles. The summed E-state index contributed by atoms with van der Waals surface area (Å²) in [7, 11) is 0. The number of amides is 2. The molecule has 2 aromatic rings. The number of benzene rings is 1. The summed E-state index contributed by atoms with van der Waals surface area (Å²) in [6, 6.07) is 7.42. The van der Waals surface area contributed by atoms with Crippen LogP contribution in [0.1, 0.15) is 24.2 Å². The fourth-order valence-corrected chi connectivity index (χ4v) is 3.51. The molecule has 170 valence electrons. The number of piperazine rings is 1. The summed E-state index contributed by atoms with van der Waals surface area (Å²) in [5, 5.41) is 2.95. The van der Waals surface area contributed by atoms with E-state index in [0.717, 1.165) is 0 Å². The Morgan fingerprint density at radius 3 is 2.34 bits per heavy atom. The lowest BCUT2D eigenvalue weighted by Gasteiger charge is -2.34. The van der Waals surface area contributed by atoms with Gasteiger partial charge in [-0.15, -0.1) is 0 Å². The Balaban J connectivity index is 1.50. The molecule has 1 N–H and O–H groups in total. The van der Waals surface area contributed by atoms with Gasteiger partial charge < -0.3 is 19.9 Å². The Morgan fingerprint density at radius 2 is 1.72 bits per heavy atom. The minimum Gasteiger partial charge on any atom is -0.454 e. The highest BCUT2D eigenvalue weighted by atomic mass is 35.5. The van der Waals surface area contributed by atoms with Gasteiger partial charge in [0.2, 0.25) is 5.95 Å². The van der Waals surface area contributed by atoms with Crippen molar-refractivity contribution in [3.8, 4) is 0 Å². The average molecular weight is 460 g/mol. The quantitative estimate of drug-likeness (QED) is 0.629. The third-order valence-corrected chi connectivity index (χ3v) is 5.46. The van der Waals surface area contributed by atoms with Crippen molar-refractivity contribution in [3.05, 3.63) is 53.3 Å². The van der Waals surface area contributed by atoms with Crippen LogP contribution in [0.2, 0.25) is 5.02 Å². The van der Waals surface area contributed by atoms with E-state index in [1.165, 1.54) is 0 Å². The third kappa shape index (κ3) is 5.94. The van der Waals surface area contributed by atoms with Crippen molar-refractivity contribution in [2.45, 2.75) is 19.9 Å². The van der Waals surface area contributed by atoms with Crippen LogP contribution in [0.3, 0.4) is 0 Å². The zero-order valence-electron chi connectivity index (χ0n) is 18.0. The number of anilines is 1. The third-order valence-electron chi connectivity index (χ3n) is 5.13. The van der Waals surface area contributed by atoms with Crippen LogP contribution in [0.4, 0.5) is 5.95 Å². The second-order valence-corrected chi connectivity index (χ2v) is 8.11. The van der Waals surface area contributed by atoms with Gasteiger partial charge in [0.1, 0.15) is 6.04 Å². The summed E-state index contributed by atoms with van der Waals surface area (Å²) in [4.78, 5) is 49.7. The maximum atomic E-state index is 12.6. The zero-order chi connectivity index (χ0) is 23.1. The van der Waals surface area contributed by atoms with Gasteiger partial charge in [-0.25, -0.2) is 14.8 Å². The molecule has 1 unspecified atom stereocenters. The molecule has 10 heteroatoms. The van der Waals surface area contributed by atoms with Crippen molar-refractivity contribution in [1.29, 1.82) is 0 Å². The Kier molecular flexibility index (Phi) is 7.99. The number of hydrogen-bond donors (Lipinski definition) is 1. The molecular formula is C22H26ClN5O4. The number of hydrogen-bond acceptors (Lipinski definition) is 7. The van der Waals surface area contributed by atoms with Gasteiger partial charge in [-0.2, -0.15) is 0 Å². The van der Waals surface area contributed by atoms with Gasteiger partial charge in [-0.05, 0) is 24.1 Å². The number of nitrogens with one attached hydrogen (secondary N) is 1. The van der Waals surface area contributed by atoms with Gasteiger partial charge in [-0.3, -0.25) is 9.59 Å². The molecule has 1 aliphatic rings. The van der Waals surface area contributed by atoms with Crippen LogP contribution in [0, 0.1) is 5.92 Å². The molecular weight excluding hydrogens is 434 g/mol. The van der Waals surface area contributed by atoms with E-state index in [0.29, 0.717) is 32.1 Å². The highest BCUT2D eigenvalue weighted by Gasteiger charge is 2.29. The number of carbonyl (C=O) groups is 3.